The second-order valence-electron chi connectivity index (χ2n) is 5.56. The van der Waals surface area contributed by atoms with E-state index in [0.29, 0.717) is 6.54 Å². The first-order valence-electron chi connectivity index (χ1n) is 6.17. The molecule has 0 aliphatic rings. The lowest BCUT2D eigenvalue weighted by molar-refractivity contribution is 0.334. The van der Waals surface area contributed by atoms with Gasteiger partial charge in [-0.3, -0.25) is 4.79 Å². The average molecular weight is 261 g/mol. The van der Waals surface area contributed by atoms with Gasteiger partial charge in [-0.2, -0.15) is 10.4 Å². The van der Waals surface area contributed by atoms with Crippen molar-refractivity contribution in [1.82, 2.24) is 9.78 Å². The van der Waals surface area contributed by atoms with Gasteiger partial charge in [0.25, 0.3) is 5.56 Å². The number of hydrogen-bond donors (Lipinski definition) is 1. The summed E-state index contributed by atoms with van der Waals surface area (Å²) in [6.07, 6.45) is 4.02. The number of nitriles is 1. The molecule has 19 heavy (non-hydrogen) atoms. The summed E-state index contributed by atoms with van der Waals surface area (Å²) in [6, 6.07) is 1.74. The number of aromatic nitrogens is 2. The van der Waals surface area contributed by atoms with E-state index in [1.54, 1.807) is 25.1 Å². The van der Waals surface area contributed by atoms with Gasteiger partial charge in [0.1, 0.15) is 11.8 Å². The van der Waals surface area contributed by atoms with Gasteiger partial charge in [-0.25, -0.2) is 4.68 Å². The zero-order valence-electron chi connectivity index (χ0n) is 11.8. The Labute approximate surface area is 112 Å². The summed E-state index contributed by atoms with van der Waals surface area (Å²) in [5.74, 6) is -0.349. The number of nitrogens with zero attached hydrogens (tertiary/aromatic N) is 3. The van der Waals surface area contributed by atoms with Crippen LogP contribution in [0, 0.1) is 16.7 Å². The maximum atomic E-state index is 12.0. The van der Waals surface area contributed by atoms with Crippen molar-refractivity contribution in [3.63, 3.8) is 0 Å². The molecule has 1 N–H and O–H groups in total. The normalized spacial score (nSPS) is 11.7. The number of allylic oxidation sites excluding steroid dienone is 1. The van der Waals surface area contributed by atoms with E-state index in [1.165, 1.54) is 4.68 Å². The van der Waals surface area contributed by atoms with Crippen LogP contribution >= 0.6 is 0 Å². The molecule has 0 unspecified atom stereocenters. The average Bonchev–Trinajstić information content (AvgIpc) is 2.31. The van der Waals surface area contributed by atoms with Gasteiger partial charge in [0.15, 0.2) is 11.3 Å². The van der Waals surface area contributed by atoms with Crippen LogP contribution in [0.1, 0.15) is 45.4 Å². The highest BCUT2D eigenvalue weighted by Crippen LogP contribution is 2.21. The maximum Gasteiger partial charge on any atom is 0.288 e. The molecule has 0 fully saturated rings. The number of hydrogen-bond acceptors (Lipinski definition) is 4. The number of rotatable bonds is 3. The Kier molecular flexibility index (Phi) is 4.49. The molecule has 1 heterocycles. The van der Waals surface area contributed by atoms with Gasteiger partial charge in [-0.1, -0.05) is 26.8 Å². The molecule has 0 saturated heterocycles. The van der Waals surface area contributed by atoms with Crippen molar-refractivity contribution in [2.75, 3.05) is 0 Å². The molecule has 102 valence electrons. The van der Waals surface area contributed by atoms with E-state index in [9.17, 15) is 9.90 Å². The summed E-state index contributed by atoms with van der Waals surface area (Å²) in [7, 11) is 0. The molecule has 1 aromatic rings. The predicted octanol–water partition coefficient (Wildman–Crippen LogP) is 2.29. The Morgan fingerprint density at radius 1 is 1.47 bits per heavy atom. The lowest BCUT2D eigenvalue weighted by Gasteiger charge is -2.18. The Morgan fingerprint density at radius 2 is 2.11 bits per heavy atom. The Morgan fingerprint density at radius 3 is 2.58 bits per heavy atom. The fraction of sp³-hybridized carbons (Fsp3) is 0.500. The molecule has 0 saturated carbocycles. The second-order valence-corrected chi connectivity index (χ2v) is 5.56. The first-order chi connectivity index (χ1) is 8.80. The van der Waals surface area contributed by atoms with Gasteiger partial charge in [0.2, 0.25) is 0 Å². The van der Waals surface area contributed by atoms with Crippen LogP contribution in [0.3, 0.4) is 0 Å². The highest BCUT2D eigenvalue weighted by atomic mass is 16.3. The topological polar surface area (TPSA) is 78.9 Å². The molecule has 1 aromatic heterocycles. The molecule has 0 bridgehead atoms. The number of aryl methyl sites for hydroxylation is 1. The van der Waals surface area contributed by atoms with Crippen molar-refractivity contribution in [3.05, 3.63) is 27.7 Å². The van der Waals surface area contributed by atoms with Crippen LogP contribution in [0.15, 0.2) is 10.9 Å². The highest BCUT2D eigenvalue weighted by Gasteiger charge is 2.17. The van der Waals surface area contributed by atoms with E-state index in [-0.39, 0.29) is 22.4 Å². The predicted molar refractivity (Wildman–Crippen MR) is 73.7 cm³/mol. The third kappa shape index (κ3) is 3.68. The minimum absolute atomic E-state index is 0.0621. The summed E-state index contributed by atoms with van der Waals surface area (Å²) in [5.41, 5.74) is -0.492. The fourth-order valence-corrected chi connectivity index (χ4v) is 1.55. The van der Waals surface area contributed by atoms with Crippen molar-refractivity contribution >= 4 is 6.08 Å². The summed E-state index contributed by atoms with van der Waals surface area (Å²) < 4.78 is 1.25. The smallest absolute Gasteiger partial charge is 0.288 e. The van der Waals surface area contributed by atoms with Crippen LogP contribution in [0.4, 0.5) is 0 Å². The Balaban J connectivity index is 3.30. The molecule has 0 aliphatic carbocycles. The summed E-state index contributed by atoms with van der Waals surface area (Å²) >= 11 is 0. The molecule has 0 radical (unpaired) electrons. The molecule has 0 amide bonds. The quantitative estimate of drug-likeness (QED) is 0.905. The molecule has 0 aliphatic heterocycles. The standard InChI is InChI=1S/C14H19N3O2/c1-5-6-11-12(18)10(9-15)13(19)17(16-11)8-7-14(2,3)4/h5-6,18H,7-8H2,1-4H3. The van der Waals surface area contributed by atoms with Gasteiger partial charge in [-0.15, -0.1) is 0 Å². The summed E-state index contributed by atoms with van der Waals surface area (Å²) in [6.45, 7) is 8.39. The van der Waals surface area contributed by atoms with Crippen LogP contribution < -0.4 is 5.56 Å². The van der Waals surface area contributed by atoms with E-state index in [4.69, 9.17) is 5.26 Å². The van der Waals surface area contributed by atoms with Crippen LogP contribution in [0.2, 0.25) is 0 Å². The van der Waals surface area contributed by atoms with E-state index in [0.717, 1.165) is 6.42 Å². The molecule has 0 aromatic carbocycles. The lowest BCUT2D eigenvalue weighted by atomic mass is 9.92. The summed E-state index contributed by atoms with van der Waals surface area (Å²) in [5, 5.41) is 22.9. The first kappa shape index (κ1) is 15.0. The summed E-state index contributed by atoms with van der Waals surface area (Å²) in [4.78, 5) is 12.0. The first-order valence-corrected chi connectivity index (χ1v) is 6.17. The SMILES string of the molecule is CC=Cc1nn(CCC(C)(C)C)c(=O)c(C#N)c1O. The van der Waals surface area contributed by atoms with Crippen LogP contribution in [0.5, 0.6) is 5.75 Å². The van der Waals surface area contributed by atoms with E-state index < -0.39 is 5.56 Å². The molecule has 0 atom stereocenters. The third-order valence-corrected chi connectivity index (χ3v) is 2.67. The molecule has 0 spiro atoms. The van der Waals surface area contributed by atoms with E-state index in [2.05, 4.69) is 25.9 Å². The molecular formula is C14H19N3O2. The zero-order valence-corrected chi connectivity index (χ0v) is 11.8. The van der Waals surface area contributed by atoms with Crippen LogP contribution in [-0.4, -0.2) is 14.9 Å². The molecule has 5 nitrogen and oxygen atoms in total. The monoisotopic (exact) mass is 261 g/mol. The third-order valence-electron chi connectivity index (χ3n) is 2.67. The van der Waals surface area contributed by atoms with Gasteiger partial charge in [0, 0.05) is 6.54 Å². The van der Waals surface area contributed by atoms with E-state index >= 15 is 0 Å². The van der Waals surface area contributed by atoms with Gasteiger partial charge < -0.3 is 5.11 Å². The van der Waals surface area contributed by atoms with Crippen molar-refractivity contribution in [3.8, 4) is 11.8 Å². The number of aromatic hydroxyl groups is 1. The minimum atomic E-state index is -0.544. The highest BCUT2D eigenvalue weighted by molar-refractivity contribution is 5.56. The van der Waals surface area contributed by atoms with Gasteiger partial charge >= 0.3 is 0 Å². The van der Waals surface area contributed by atoms with Crippen LogP contribution in [-0.2, 0) is 6.54 Å². The van der Waals surface area contributed by atoms with Crippen LogP contribution in [0.25, 0.3) is 6.08 Å². The van der Waals surface area contributed by atoms with Crippen molar-refractivity contribution < 1.29 is 5.11 Å². The Hall–Kier alpha value is -2.09. The van der Waals surface area contributed by atoms with Gasteiger partial charge in [-0.05, 0) is 24.8 Å². The lowest BCUT2D eigenvalue weighted by Crippen LogP contribution is -2.28. The largest absolute Gasteiger partial charge is 0.504 e. The zero-order chi connectivity index (χ0) is 14.6. The van der Waals surface area contributed by atoms with Crippen molar-refractivity contribution in [2.24, 2.45) is 5.41 Å². The fourth-order valence-electron chi connectivity index (χ4n) is 1.55. The minimum Gasteiger partial charge on any atom is -0.504 e. The molecule has 1 rings (SSSR count). The van der Waals surface area contributed by atoms with Gasteiger partial charge in [0.05, 0.1) is 0 Å². The maximum absolute atomic E-state index is 12.0. The van der Waals surface area contributed by atoms with Crippen molar-refractivity contribution in [2.45, 2.75) is 40.7 Å². The molecule has 5 heteroatoms. The second kappa shape index (κ2) is 5.70. The van der Waals surface area contributed by atoms with Crippen molar-refractivity contribution in [1.29, 1.82) is 5.26 Å². The molecular weight excluding hydrogens is 242 g/mol. The Bertz CT molecular complexity index is 586. The van der Waals surface area contributed by atoms with E-state index in [1.807, 2.05) is 0 Å².